The molecule has 0 aliphatic heterocycles. The van der Waals surface area contributed by atoms with Gasteiger partial charge < -0.3 is 4.90 Å². The second kappa shape index (κ2) is 13.9. The Morgan fingerprint density at radius 3 is 1.91 bits per heavy atom. The normalized spacial score (nSPS) is 20.8. The van der Waals surface area contributed by atoms with Gasteiger partial charge in [-0.05, 0) is 159 Å². The summed E-state index contributed by atoms with van der Waals surface area (Å²) in [4.78, 5) is 2.63. The lowest BCUT2D eigenvalue weighted by Gasteiger charge is -2.33. The zero-order valence-corrected chi connectivity index (χ0v) is 33.6. The van der Waals surface area contributed by atoms with E-state index in [1.807, 2.05) is 0 Å². The van der Waals surface area contributed by atoms with Crippen LogP contribution in [0.4, 0.5) is 17.1 Å². The molecule has 7 aromatic rings. The fourth-order valence-corrected chi connectivity index (χ4v) is 12.0. The minimum absolute atomic E-state index is 0.200. The van der Waals surface area contributed by atoms with Crippen LogP contribution in [0.5, 0.6) is 0 Å². The number of fused-ring (bicyclic) bond motifs is 6. The molecule has 0 aromatic heterocycles. The summed E-state index contributed by atoms with van der Waals surface area (Å²) in [7, 11) is 0. The number of hydrogen-bond donors (Lipinski definition) is 0. The maximum Gasteiger partial charge on any atom is 0.0502 e. The van der Waals surface area contributed by atoms with Crippen molar-refractivity contribution in [3.63, 3.8) is 0 Å². The lowest BCUT2D eigenvalue weighted by Crippen LogP contribution is -2.19. The molecule has 0 radical (unpaired) electrons. The molecule has 4 aliphatic carbocycles. The van der Waals surface area contributed by atoms with Crippen LogP contribution in [-0.4, -0.2) is 0 Å². The highest BCUT2D eigenvalue weighted by Gasteiger charge is 2.41. The Kier molecular flexibility index (Phi) is 8.50. The first-order valence-electron chi connectivity index (χ1n) is 21.9. The zero-order valence-electron chi connectivity index (χ0n) is 33.6. The van der Waals surface area contributed by atoms with Crippen molar-refractivity contribution in [2.75, 3.05) is 4.90 Å². The van der Waals surface area contributed by atoms with Crippen LogP contribution in [0.15, 0.2) is 152 Å². The second-order valence-electron chi connectivity index (χ2n) is 18.3. The summed E-state index contributed by atoms with van der Waals surface area (Å²) in [5.74, 6) is 3.11. The van der Waals surface area contributed by atoms with Crippen molar-refractivity contribution in [3.8, 4) is 33.4 Å². The quantitative estimate of drug-likeness (QED) is 0.157. The summed E-state index contributed by atoms with van der Waals surface area (Å²) in [5.41, 5.74) is 17.4. The molecule has 3 fully saturated rings. The molecule has 2 bridgehead atoms. The van der Waals surface area contributed by atoms with Crippen molar-refractivity contribution in [3.05, 3.63) is 174 Å². The third-order valence-corrected chi connectivity index (χ3v) is 14.7. The van der Waals surface area contributed by atoms with E-state index >= 15 is 0 Å². The lowest BCUT2D eigenvalue weighted by atomic mass is 9.77. The van der Waals surface area contributed by atoms with Gasteiger partial charge in [0.1, 0.15) is 0 Å². The van der Waals surface area contributed by atoms with Crippen LogP contribution in [0, 0.1) is 11.8 Å². The predicted molar refractivity (Wildman–Crippen MR) is 241 cm³/mol. The minimum atomic E-state index is -0.200. The van der Waals surface area contributed by atoms with Crippen LogP contribution in [0.25, 0.3) is 44.2 Å². The first kappa shape index (κ1) is 34.8. The summed E-state index contributed by atoms with van der Waals surface area (Å²) in [5, 5.41) is 2.66. The molecule has 0 N–H and O–H groups in total. The maximum absolute atomic E-state index is 2.63. The van der Waals surface area contributed by atoms with Crippen LogP contribution in [-0.2, 0) is 5.41 Å². The Balaban J connectivity index is 1.07. The van der Waals surface area contributed by atoms with E-state index in [2.05, 4.69) is 170 Å². The SMILES string of the molecule is CC1(C)c2cc(N(c3ccc(C4CC5CCC4C5)cc3)c3cc4ccccc4cc3C3CCCCC3)ccc2-c2cccc(-c3ccccc3-c3ccccc3)c21. The van der Waals surface area contributed by atoms with E-state index < -0.39 is 0 Å². The van der Waals surface area contributed by atoms with E-state index in [9.17, 15) is 0 Å². The Hall–Kier alpha value is -5.40. The van der Waals surface area contributed by atoms with Gasteiger partial charge in [0.05, 0.1) is 5.69 Å². The van der Waals surface area contributed by atoms with Gasteiger partial charge in [0.15, 0.2) is 0 Å². The van der Waals surface area contributed by atoms with E-state index in [1.54, 1.807) is 5.56 Å². The second-order valence-corrected chi connectivity index (χ2v) is 18.3. The topological polar surface area (TPSA) is 3.24 Å². The van der Waals surface area contributed by atoms with Gasteiger partial charge in [0.25, 0.3) is 0 Å². The summed E-state index contributed by atoms with van der Waals surface area (Å²) in [6.07, 6.45) is 12.2. The Labute approximate surface area is 339 Å². The maximum atomic E-state index is 2.63. The molecule has 3 saturated carbocycles. The molecule has 0 heterocycles. The highest BCUT2D eigenvalue weighted by atomic mass is 15.1. The first-order chi connectivity index (χ1) is 28.0. The molecule has 282 valence electrons. The van der Waals surface area contributed by atoms with Gasteiger partial charge in [-0.25, -0.2) is 0 Å². The van der Waals surface area contributed by atoms with Crippen LogP contribution in [0.3, 0.4) is 0 Å². The summed E-state index contributed by atoms with van der Waals surface area (Å²) >= 11 is 0. The smallest absolute Gasteiger partial charge is 0.0502 e. The van der Waals surface area contributed by atoms with E-state index in [-0.39, 0.29) is 5.41 Å². The highest BCUT2D eigenvalue weighted by molar-refractivity contribution is 5.95. The van der Waals surface area contributed by atoms with E-state index in [0.717, 1.165) is 17.8 Å². The summed E-state index contributed by atoms with van der Waals surface area (Å²) < 4.78 is 0. The highest BCUT2D eigenvalue weighted by Crippen LogP contribution is 2.56. The molecule has 57 heavy (non-hydrogen) atoms. The van der Waals surface area contributed by atoms with Gasteiger partial charge in [-0.15, -0.1) is 0 Å². The summed E-state index contributed by atoms with van der Waals surface area (Å²) in [6.45, 7) is 4.90. The third kappa shape index (κ3) is 5.88. The standard InChI is InChI=1S/C56H53N/c1-56(2)53-36-45(30-31-48(53)50-23-13-22-49(55(50)56)47-21-12-11-20-46(47)38-14-5-3-6-15-38)57(44-28-26-40(27-29-44)51-33-37-24-25-43(51)32-37)54-35-42-19-10-9-18-41(42)34-52(54)39-16-7-4-8-17-39/h3,5-6,9-15,18-23,26-31,34-37,39,43,51H,4,7-8,16-17,24-25,32-33H2,1-2H3. The molecule has 4 aliphatic rings. The largest absolute Gasteiger partial charge is 0.310 e. The Morgan fingerprint density at radius 1 is 0.509 bits per heavy atom. The van der Waals surface area contributed by atoms with Crippen LogP contribution in [0.2, 0.25) is 0 Å². The van der Waals surface area contributed by atoms with Gasteiger partial charge in [0.2, 0.25) is 0 Å². The molecule has 11 rings (SSSR count). The van der Waals surface area contributed by atoms with Gasteiger partial charge >= 0.3 is 0 Å². The molecule has 7 aromatic carbocycles. The summed E-state index contributed by atoms with van der Waals surface area (Å²) in [6, 6.07) is 58.2. The number of rotatable bonds is 7. The monoisotopic (exact) mass is 739 g/mol. The molecule has 3 unspecified atom stereocenters. The number of anilines is 3. The molecule has 1 heteroatoms. The van der Waals surface area contributed by atoms with E-state index in [0.29, 0.717) is 5.92 Å². The van der Waals surface area contributed by atoms with Crippen molar-refractivity contribution >= 4 is 27.8 Å². The van der Waals surface area contributed by atoms with Crippen LogP contribution in [0.1, 0.15) is 106 Å². The van der Waals surface area contributed by atoms with Gasteiger partial charge in [-0.3, -0.25) is 0 Å². The molecule has 1 nitrogen and oxygen atoms in total. The molecular formula is C56H53N. The minimum Gasteiger partial charge on any atom is -0.310 e. The lowest BCUT2D eigenvalue weighted by molar-refractivity contribution is 0.420. The van der Waals surface area contributed by atoms with Crippen molar-refractivity contribution in [2.24, 2.45) is 11.8 Å². The van der Waals surface area contributed by atoms with Crippen molar-refractivity contribution in [1.29, 1.82) is 0 Å². The molecule has 3 atom stereocenters. The van der Waals surface area contributed by atoms with Crippen molar-refractivity contribution in [1.82, 2.24) is 0 Å². The average Bonchev–Trinajstić information content (AvgIpc) is 3.97. The number of nitrogens with zero attached hydrogens (tertiary/aromatic N) is 1. The zero-order chi connectivity index (χ0) is 38.1. The first-order valence-corrected chi connectivity index (χ1v) is 21.9. The molecule has 0 saturated heterocycles. The van der Waals surface area contributed by atoms with Gasteiger partial charge in [0, 0.05) is 16.8 Å². The van der Waals surface area contributed by atoms with E-state index in [4.69, 9.17) is 0 Å². The van der Waals surface area contributed by atoms with Gasteiger partial charge in [-0.1, -0.05) is 155 Å². The van der Waals surface area contributed by atoms with Crippen molar-refractivity contribution < 1.29 is 0 Å². The molecular weight excluding hydrogens is 687 g/mol. The van der Waals surface area contributed by atoms with Gasteiger partial charge in [-0.2, -0.15) is 0 Å². The predicted octanol–water partition coefficient (Wildman–Crippen LogP) is 15.9. The molecule has 0 amide bonds. The average molecular weight is 740 g/mol. The fraction of sp³-hybridized carbons (Fsp3) is 0.286. The van der Waals surface area contributed by atoms with Crippen LogP contribution >= 0.6 is 0 Å². The fourth-order valence-electron chi connectivity index (χ4n) is 12.0. The number of benzene rings is 7. The number of hydrogen-bond acceptors (Lipinski definition) is 1. The Bertz CT molecular complexity index is 2610. The van der Waals surface area contributed by atoms with E-state index in [1.165, 1.54) is 136 Å². The third-order valence-electron chi connectivity index (χ3n) is 14.7. The Morgan fingerprint density at radius 2 is 1.18 bits per heavy atom. The van der Waals surface area contributed by atoms with Crippen LogP contribution < -0.4 is 4.90 Å². The van der Waals surface area contributed by atoms with Crippen molar-refractivity contribution in [2.45, 2.75) is 88.9 Å². The molecule has 0 spiro atoms.